The third-order valence-electron chi connectivity index (χ3n) is 3.44. The molecule has 1 saturated carbocycles. The molecule has 1 aromatic carbocycles. The van der Waals surface area contributed by atoms with Gasteiger partial charge in [0.1, 0.15) is 6.61 Å². The highest BCUT2D eigenvalue weighted by molar-refractivity contribution is 6.40. The van der Waals surface area contributed by atoms with Crippen LogP contribution in [0.4, 0.5) is 4.79 Å². The van der Waals surface area contributed by atoms with Gasteiger partial charge in [0.05, 0.1) is 0 Å². The van der Waals surface area contributed by atoms with Gasteiger partial charge in [0.2, 0.25) is 5.78 Å². The van der Waals surface area contributed by atoms with E-state index < -0.39 is 17.8 Å². The van der Waals surface area contributed by atoms with Gasteiger partial charge in [-0.05, 0) is 24.8 Å². The molecule has 0 aliphatic heterocycles. The number of allylic oxidation sites excluding steroid dienone is 1. The van der Waals surface area contributed by atoms with Crippen LogP contribution < -0.4 is 10.6 Å². The van der Waals surface area contributed by atoms with Gasteiger partial charge in [0, 0.05) is 17.8 Å². The van der Waals surface area contributed by atoms with Gasteiger partial charge in [0.25, 0.3) is 5.91 Å². The molecule has 0 heterocycles. The molecule has 2 N–H and O–H groups in total. The minimum atomic E-state index is -0.659. The van der Waals surface area contributed by atoms with Gasteiger partial charge in [-0.15, -0.1) is 0 Å². The lowest BCUT2D eigenvalue weighted by Crippen LogP contribution is -2.32. The normalized spacial score (nSPS) is 14.0. The first-order valence-corrected chi connectivity index (χ1v) is 8.11. The number of carbonyl (C=O) groups excluding carboxylic acids is 3. The van der Waals surface area contributed by atoms with Crippen LogP contribution >= 0.6 is 0 Å². The van der Waals surface area contributed by atoms with Crippen molar-refractivity contribution in [2.45, 2.75) is 45.3 Å². The van der Waals surface area contributed by atoms with E-state index in [4.69, 9.17) is 4.74 Å². The molecule has 0 unspecified atom stereocenters. The summed E-state index contributed by atoms with van der Waals surface area (Å²) in [5.41, 5.74) is 1.25. The van der Waals surface area contributed by atoms with E-state index >= 15 is 0 Å². The van der Waals surface area contributed by atoms with Crippen LogP contribution in [-0.4, -0.2) is 23.8 Å². The van der Waals surface area contributed by atoms with Crippen molar-refractivity contribution in [3.63, 3.8) is 0 Å². The van der Waals surface area contributed by atoms with Gasteiger partial charge in [-0.25, -0.2) is 4.79 Å². The Kier molecular flexibility index (Phi) is 6.54. The van der Waals surface area contributed by atoms with Gasteiger partial charge < -0.3 is 10.1 Å². The van der Waals surface area contributed by atoms with E-state index in [2.05, 4.69) is 10.6 Å². The average Bonchev–Trinajstić information content (AvgIpc) is 3.38. The van der Waals surface area contributed by atoms with E-state index in [0.29, 0.717) is 12.1 Å². The summed E-state index contributed by atoms with van der Waals surface area (Å²) in [6.07, 6.45) is 3.55. The second-order valence-corrected chi connectivity index (χ2v) is 5.72. The lowest BCUT2D eigenvalue weighted by Gasteiger charge is -2.10. The summed E-state index contributed by atoms with van der Waals surface area (Å²) in [4.78, 5) is 35.4. The maximum absolute atomic E-state index is 11.9. The van der Waals surface area contributed by atoms with Crippen LogP contribution in [0.25, 0.3) is 0 Å². The van der Waals surface area contributed by atoms with Gasteiger partial charge in [-0.2, -0.15) is 0 Å². The first-order chi connectivity index (χ1) is 11.6. The molecule has 6 nitrogen and oxygen atoms in total. The van der Waals surface area contributed by atoms with Crippen molar-refractivity contribution in [2.75, 3.05) is 0 Å². The Bertz CT molecular complexity index is 621. The van der Waals surface area contributed by atoms with Gasteiger partial charge in [-0.3, -0.25) is 14.9 Å². The SMILES string of the molecule is CCC/C(=C\C(=O)C(=O)NC1CC1)NC(=O)OCc1ccccc1. The van der Waals surface area contributed by atoms with Crippen molar-refractivity contribution < 1.29 is 19.1 Å². The summed E-state index contributed by atoms with van der Waals surface area (Å²) in [6, 6.07) is 9.41. The molecule has 1 aromatic rings. The molecule has 0 aromatic heterocycles. The molecule has 6 heteroatoms. The number of rotatable bonds is 8. The van der Waals surface area contributed by atoms with E-state index in [9.17, 15) is 14.4 Å². The van der Waals surface area contributed by atoms with Crippen LogP contribution in [0, 0.1) is 0 Å². The van der Waals surface area contributed by atoms with Gasteiger partial charge >= 0.3 is 6.09 Å². The fourth-order valence-electron chi connectivity index (χ4n) is 2.04. The Morgan fingerprint density at radius 1 is 1.21 bits per heavy atom. The smallest absolute Gasteiger partial charge is 0.411 e. The Morgan fingerprint density at radius 3 is 2.54 bits per heavy atom. The number of ether oxygens (including phenoxy) is 1. The molecule has 2 rings (SSSR count). The van der Waals surface area contributed by atoms with Crippen molar-refractivity contribution in [3.8, 4) is 0 Å². The molecule has 0 bridgehead atoms. The largest absolute Gasteiger partial charge is 0.444 e. The number of carbonyl (C=O) groups is 3. The minimum Gasteiger partial charge on any atom is -0.444 e. The third-order valence-corrected chi connectivity index (χ3v) is 3.44. The zero-order chi connectivity index (χ0) is 17.4. The molecule has 128 valence electrons. The van der Waals surface area contributed by atoms with Gasteiger partial charge in [-0.1, -0.05) is 43.7 Å². The predicted molar refractivity (Wildman–Crippen MR) is 88.9 cm³/mol. The number of hydrogen-bond donors (Lipinski definition) is 2. The molecule has 1 aliphatic carbocycles. The standard InChI is InChI=1S/C18H22N2O4/c1-2-6-15(11-16(21)17(22)19-14-9-10-14)20-18(23)24-12-13-7-4-3-5-8-13/h3-5,7-8,11,14H,2,6,9-10,12H2,1H3,(H,19,22)(H,20,23)/b15-11+. The topological polar surface area (TPSA) is 84.5 Å². The number of alkyl carbamates (subject to hydrolysis) is 1. The van der Waals surface area contributed by atoms with E-state index in [1.807, 2.05) is 37.3 Å². The summed E-state index contributed by atoms with van der Waals surface area (Å²) in [7, 11) is 0. The zero-order valence-electron chi connectivity index (χ0n) is 13.7. The van der Waals surface area contributed by atoms with Gasteiger partial charge in [0.15, 0.2) is 0 Å². The minimum absolute atomic E-state index is 0.119. The van der Waals surface area contributed by atoms with Crippen molar-refractivity contribution in [2.24, 2.45) is 0 Å². The number of hydrogen-bond acceptors (Lipinski definition) is 4. The molecule has 0 radical (unpaired) electrons. The molecular weight excluding hydrogens is 308 g/mol. The molecule has 1 aliphatic rings. The Hall–Kier alpha value is -2.63. The summed E-state index contributed by atoms with van der Waals surface area (Å²) >= 11 is 0. The van der Waals surface area contributed by atoms with Crippen LogP contribution in [0.1, 0.15) is 38.2 Å². The van der Waals surface area contributed by atoms with Crippen molar-refractivity contribution in [3.05, 3.63) is 47.7 Å². The Labute approximate surface area is 141 Å². The predicted octanol–water partition coefficient (Wildman–Crippen LogP) is 2.44. The van der Waals surface area contributed by atoms with Crippen LogP contribution in [0.3, 0.4) is 0 Å². The lowest BCUT2D eigenvalue weighted by molar-refractivity contribution is -0.135. The Balaban J connectivity index is 1.86. The second-order valence-electron chi connectivity index (χ2n) is 5.72. The maximum atomic E-state index is 11.9. The molecular formula is C18H22N2O4. The number of benzene rings is 1. The van der Waals surface area contributed by atoms with E-state index in [1.165, 1.54) is 6.08 Å². The fourth-order valence-corrected chi connectivity index (χ4v) is 2.04. The summed E-state index contributed by atoms with van der Waals surface area (Å²) in [5, 5.41) is 5.17. The molecule has 0 atom stereocenters. The molecule has 24 heavy (non-hydrogen) atoms. The van der Waals surface area contributed by atoms with Crippen LogP contribution in [-0.2, 0) is 20.9 Å². The number of nitrogens with one attached hydrogen (secondary N) is 2. The molecule has 2 amide bonds. The molecule has 0 spiro atoms. The monoisotopic (exact) mass is 330 g/mol. The van der Waals surface area contributed by atoms with Crippen LogP contribution in [0.15, 0.2) is 42.1 Å². The quantitative estimate of drug-likeness (QED) is 0.566. The van der Waals surface area contributed by atoms with E-state index in [-0.39, 0.29) is 12.6 Å². The molecule has 0 saturated heterocycles. The first kappa shape index (κ1) is 17.7. The number of ketones is 1. The third kappa shape index (κ3) is 6.24. The summed E-state index contributed by atoms with van der Waals surface area (Å²) in [6.45, 7) is 2.06. The van der Waals surface area contributed by atoms with Crippen LogP contribution in [0.2, 0.25) is 0 Å². The van der Waals surface area contributed by atoms with Crippen molar-refractivity contribution in [1.82, 2.24) is 10.6 Å². The van der Waals surface area contributed by atoms with Crippen molar-refractivity contribution in [1.29, 1.82) is 0 Å². The van der Waals surface area contributed by atoms with Crippen molar-refractivity contribution >= 4 is 17.8 Å². The van der Waals surface area contributed by atoms with E-state index in [0.717, 1.165) is 24.8 Å². The average molecular weight is 330 g/mol. The zero-order valence-corrected chi connectivity index (χ0v) is 13.7. The maximum Gasteiger partial charge on any atom is 0.411 e. The first-order valence-electron chi connectivity index (χ1n) is 8.11. The highest BCUT2D eigenvalue weighted by Gasteiger charge is 2.25. The van der Waals surface area contributed by atoms with E-state index in [1.54, 1.807) is 0 Å². The lowest BCUT2D eigenvalue weighted by atomic mass is 10.2. The van der Waals surface area contributed by atoms with Crippen LogP contribution in [0.5, 0.6) is 0 Å². The highest BCUT2D eigenvalue weighted by Crippen LogP contribution is 2.18. The molecule has 1 fully saturated rings. The summed E-state index contributed by atoms with van der Waals surface area (Å²) < 4.78 is 5.12. The highest BCUT2D eigenvalue weighted by atomic mass is 16.5. The number of amides is 2. The second kappa shape index (κ2) is 8.86. The summed E-state index contributed by atoms with van der Waals surface area (Å²) in [5.74, 6) is -1.29. The fraction of sp³-hybridized carbons (Fsp3) is 0.389. The Morgan fingerprint density at radius 2 is 1.92 bits per heavy atom.